The summed E-state index contributed by atoms with van der Waals surface area (Å²) in [5, 5.41) is 10.8. The first-order chi connectivity index (χ1) is 8.22. The van der Waals surface area contributed by atoms with Crippen molar-refractivity contribution in [3.8, 4) is 6.07 Å². The second kappa shape index (κ2) is 4.89. The van der Waals surface area contributed by atoms with E-state index in [1.807, 2.05) is 6.07 Å². The van der Waals surface area contributed by atoms with Gasteiger partial charge in [-0.2, -0.15) is 5.26 Å². The van der Waals surface area contributed by atoms with E-state index in [2.05, 4.69) is 0 Å². The fourth-order valence-electron chi connectivity index (χ4n) is 1.53. The lowest BCUT2D eigenvalue weighted by Crippen LogP contribution is -2.09. The van der Waals surface area contributed by atoms with Gasteiger partial charge in [-0.3, -0.25) is 4.79 Å². The van der Waals surface area contributed by atoms with Gasteiger partial charge in [0.05, 0.1) is 10.9 Å². The van der Waals surface area contributed by atoms with Crippen LogP contribution < -0.4 is 0 Å². The van der Waals surface area contributed by atoms with Crippen molar-refractivity contribution in [3.05, 3.63) is 58.0 Å². The molecular formula is C13H8FNOS. The number of hydrogen-bond acceptors (Lipinski definition) is 3. The maximum absolute atomic E-state index is 13.1. The van der Waals surface area contributed by atoms with Crippen molar-refractivity contribution in [1.29, 1.82) is 5.26 Å². The molecule has 2 nitrogen and oxygen atoms in total. The summed E-state index contributed by atoms with van der Waals surface area (Å²) >= 11 is 1.28. The number of thiophene rings is 1. The van der Waals surface area contributed by atoms with Crippen LogP contribution in [0.15, 0.2) is 41.8 Å². The molecule has 0 N–H and O–H groups in total. The van der Waals surface area contributed by atoms with Gasteiger partial charge in [0.15, 0.2) is 5.78 Å². The number of nitrogens with zero attached hydrogens (tertiary/aromatic N) is 1. The van der Waals surface area contributed by atoms with Crippen molar-refractivity contribution in [2.24, 2.45) is 0 Å². The molecule has 1 aromatic carbocycles. The third kappa shape index (κ3) is 2.40. The third-order valence-corrected chi connectivity index (χ3v) is 3.22. The van der Waals surface area contributed by atoms with E-state index in [1.165, 1.54) is 29.5 Å². The van der Waals surface area contributed by atoms with E-state index in [4.69, 9.17) is 5.26 Å². The highest BCUT2D eigenvalue weighted by Gasteiger charge is 2.22. The van der Waals surface area contributed by atoms with E-state index in [0.29, 0.717) is 10.4 Å². The summed E-state index contributed by atoms with van der Waals surface area (Å²) in [5.74, 6) is -1.67. The van der Waals surface area contributed by atoms with Crippen LogP contribution in [0.3, 0.4) is 0 Å². The maximum atomic E-state index is 13.1. The van der Waals surface area contributed by atoms with Crippen LogP contribution in [-0.4, -0.2) is 5.78 Å². The predicted octanol–water partition coefficient (Wildman–Crippen LogP) is 3.38. The van der Waals surface area contributed by atoms with Gasteiger partial charge < -0.3 is 0 Å². The second-order valence-corrected chi connectivity index (χ2v) is 4.41. The van der Waals surface area contributed by atoms with E-state index < -0.39 is 11.7 Å². The molecule has 0 fully saturated rings. The fraction of sp³-hybridized carbons (Fsp3) is 0.0769. The van der Waals surface area contributed by atoms with E-state index in [1.54, 1.807) is 23.6 Å². The molecule has 0 aliphatic carbocycles. The van der Waals surface area contributed by atoms with Crippen LogP contribution in [0.2, 0.25) is 0 Å². The first kappa shape index (κ1) is 11.5. The number of nitriles is 1. The van der Waals surface area contributed by atoms with Crippen LogP contribution in [0, 0.1) is 17.1 Å². The van der Waals surface area contributed by atoms with Crippen molar-refractivity contribution >= 4 is 17.1 Å². The van der Waals surface area contributed by atoms with Crippen molar-refractivity contribution in [2.45, 2.75) is 5.92 Å². The molecule has 0 aliphatic rings. The summed E-state index contributed by atoms with van der Waals surface area (Å²) in [4.78, 5) is 12.5. The molecule has 1 aromatic heterocycles. The summed E-state index contributed by atoms with van der Waals surface area (Å²) in [6, 6.07) is 10.9. The Morgan fingerprint density at radius 2 is 2.18 bits per heavy atom. The van der Waals surface area contributed by atoms with E-state index in [0.717, 1.165) is 0 Å². The first-order valence-corrected chi connectivity index (χ1v) is 5.83. The van der Waals surface area contributed by atoms with Crippen LogP contribution in [0.4, 0.5) is 4.39 Å². The molecule has 1 heterocycles. The molecule has 0 amide bonds. The minimum Gasteiger partial charge on any atom is -0.291 e. The average Bonchev–Trinajstić information content (AvgIpc) is 2.83. The van der Waals surface area contributed by atoms with Crippen LogP contribution >= 0.6 is 11.3 Å². The molecule has 0 saturated carbocycles. The van der Waals surface area contributed by atoms with Crippen molar-refractivity contribution < 1.29 is 9.18 Å². The molecule has 0 spiro atoms. The van der Waals surface area contributed by atoms with Crippen LogP contribution in [0.1, 0.15) is 21.2 Å². The van der Waals surface area contributed by atoms with Crippen molar-refractivity contribution in [2.75, 3.05) is 0 Å². The number of hydrogen-bond donors (Lipinski definition) is 0. The normalized spacial score (nSPS) is 11.8. The van der Waals surface area contributed by atoms with Crippen LogP contribution in [0.25, 0.3) is 0 Å². The molecule has 17 heavy (non-hydrogen) atoms. The number of rotatable bonds is 3. The molecule has 0 bridgehead atoms. The molecule has 0 saturated heterocycles. The number of ketones is 1. The summed E-state index contributed by atoms with van der Waals surface area (Å²) in [6.45, 7) is 0. The lowest BCUT2D eigenvalue weighted by molar-refractivity contribution is 0.0983. The summed E-state index contributed by atoms with van der Waals surface area (Å²) in [7, 11) is 0. The Bertz CT molecular complexity index is 571. The molecule has 0 radical (unpaired) electrons. The Hall–Kier alpha value is -1.99. The summed E-state index contributed by atoms with van der Waals surface area (Å²) in [5.41, 5.74) is 0.394. The fourth-order valence-corrected chi connectivity index (χ4v) is 2.23. The van der Waals surface area contributed by atoms with Crippen LogP contribution in [0.5, 0.6) is 0 Å². The van der Waals surface area contributed by atoms with Gasteiger partial charge in [-0.15, -0.1) is 11.3 Å². The quantitative estimate of drug-likeness (QED) is 0.778. The van der Waals surface area contributed by atoms with Gasteiger partial charge in [-0.1, -0.05) is 18.2 Å². The Balaban J connectivity index is 2.35. The van der Waals surface area contributed by atoms with E-state index in [-0.39, 0.29) is 5.78 Å². The zero-order valence-electron chi connectivity index (χ0n) is 8.76. The zero-order valence-corrected chi connectivity index (χ0v) is 9.58. The number of Topliss-reactive ketones (excluding diaryl/α,β-unsaturated/α-hetero) is 1. The molecule has 4 heteroatoms. The monoisotopic (exact) mass is 245 g/mol. The first-order valence-electron chi connectivity index (χ1n) is 4.95. The Kier molecular flexibility index (Phi) is 3.31. The lowest BCUT2D eigenvalue weighted by atomic mass is 9.95. The third-order valence-electron chi connectivity index (χ3n) is 2.34. The standard InChI is InChI=1S/C13H8FNOS/c14-10-4-1-3-9(7-10)11(8-15)13(16)12-5-2-6-17-12/h1-7,11H. The van der Waals surface area contributed by atoms with Crippen LogP contribution in [-0.2, 0) is 0 Å². The number of benzene rings is 1. The number of carbonyl (C=O) groups excluding carboxylic acids is 1. The predicted molar refractivity (Wildman–Crippen MR) is 63.4 cm³/mol. The Labute approximate surface area is 102 Å². The van der Waals surface area contributed by atoms with E-state index in [9.17, 15) is 9.18 Å². The number of carbonyl (C=O) groups is 1. The SMILES string of the molecule is N#CC(C(=O)c1cccs1)c1cccc(F)c1. The van der Waals surface area contributed by atoms with Gasteiger partial charge >= 0.3 is 0 Å². The van der Waals surface area contributed by atoms with Gasteiger partial charge in [-0.25, -0.2) is 4.39 Å². The molecule has 84 valence electrons. The highest BCUT2D eigenvalue weighted by molar-refractivity contribution is 7.12. The molecule has 2 aromatic rings. The van der Waals surface area contributed by atoms with Gasteiger partial charge in [0.1, 0.15) is 11.7 Å². The highest BCUT2D eigenvalue weighted by Crippen LogP contribution is 2.23. The molecule has 0 aliphatic heterocycles. The Morgan fingerprint density at radius 3 is 2.76 bits per heavy atom. The van der Waals surface area contributed by atoms with Gasteiger partial charge in [0, 0.05) is 0 Å². The molecule has 2 rings (SSSR count). The van der Waals surface area contributed by atoms with Gasteiger partial charge in [0.25, 0.3) is 0 Å². The largest absolute Gasteiger partial charge is 0.291 e. The minimum absolute atomic E-state index is 0.284. The van der Waals surface area contributed by atoms with Crippen molar-refractivity contribution in [3.63, 3.8) is 0 Å². The smallest absolute Gasteiger partial charge is 0.194 e. The lowest BCUT2D eigenvalue weighted by Gasteiger charge is -2.06. The van der Waals surface area contributed by atoms with Gasteiger partial charge in [0.2, 0.25) is 0 Å². The maximum Gasteiger partial charge on any atom is 0.194 e. The molecular weight excluding hydrogens is 237 g/mol. The molecule has 1 atom stereocenters. The summed E-state index contributed by atoms with van der Waals surface area (Å²) < 4.78 is 13.1. The summed E-state index contributed by atoms with van der Waals surface area (Å²) in [6.07, 6.45) is 0. The van der Waals surface area contributed by atoms with Gasteiger partial charge in [-0.05, 0) is 29.1 Å². The number of halogens is 1. The van der Waals surface area contributed by atoms with Crippen molar-refractivity contribution in [1.82, 2.24) is 0 Å². The Morgan fingerprint density at radius 1 is 1.35 bits per heavy atom. The molecule has 1 unspecified atom stereocenters. The zero-order chi connectivity index (χ0) is 12.3. The second-order valence-electron chi connectivity index (χ2n) is 3.46. The highest BCUT2D eigenvalue weighted by atomic mass is 32.1. The topological polar surface area (TPSA) is 40.9 Å². The average molecular weight is 245 g/mol. The minimum atomic E-state index is -0.940. The van der Waals surface area contributed by atoms with E-state index >= 15 is 0 Å².